The van der Waals surface area contributed by atoms with Crippen molar-refractivity contribution in [2.24, 2.45) is 0 Å². The molecule has 0 radical (unpaired) electrons. The van der Waals surface area contributed by atoms with E-state index < -0.39 is 12.0 Å². The van der Waals surface area contributed by atoms with E-state index in [4.69, 9.17) is 4.42 Å². The number of halogens is 1. The summed E-state index contributed by atoms with van der Waals surface area (Å²) < 4.78 is 6.55. The predicted molar refractivity (Wildman–Crippen MR) is 99.5 cm³/mol. The average molecular weight is 421 g/mol. The van der Waals surface area contributed by atoms with Crippen LogP contribution >= 0.6 is 15.9 Å². The second-order valence-corrected chi connectivity index (χ2v) is 7.40. The summed E-state index contributed by atoms with van der Waals surface area (Å²) in [5, 5.41) is 9.26. The van der Waals surface area contributed by atoms with Crippen LogP contribution in [0, 0.1) is 6.92 Å². The number of benzene rings is 1. The third kappa shape index (κ3) is 4.53. The van der Waals surface area contributed by atoms with Gasteiger partial charge in [0.15, 0.2) is 0 Å². The van der Waals surface area contributed by atoms with E-state index >= 15 is 0 Å². The van der Waals surface area contributed by atoms with Crippen LogP contribution in [0.25, 0.3) is 0 Å². The number of piperazine rings is 1. The Morgan fingerprint density at radius 1 is 1.27 bits per heavy atom. The average Bonchev–Trinajstić information content (AvgIpc) is 2.98. The van der Waals surface area contributed by atoms with Gasteiger partial charge in [-0.15, -0.1) is 0 Å². The number of aryl methyl sites for hydroxylation is 1. The van der Waals surface area contributed by atoms with Gasteiger partial charge in [-0.3, -0.25) is 14.5 Å². The summed E-state index contributed by atoms with van der Waals surface area (Å²) in [4.78, 5) is 27.9. The normalized spacial score (nSPS) is 18.3. The van der Waals surface area contributed by atoms with Crippen LogP contribution in [0.5, 0.6) is 0 Å². The Balaban J connectivity index is 1.74. The van der Waals surface area contributed by atoms with Gasteiger partial charge in [0.1, 0.15) is 17.6 Å². The van der Waals surface area contributed by atoms with Gasteiger partial charge in [-0.05, 0) is 36.8 Å². The van der Waals surface area contributed by atoms with Gasteiger partial charge in [0.05, 0.1) is 13.0 Å². The maximum atomic E-state index is 12.9. The predicted octanol–water partition coefficient (Wildman–Crippen LogP) is 3.04. The number of nitrogens with zero attached hydrogens (tertiary/aromatic N) is 2. The fourth-order valence-corrected chi connectivity index (χ4v) is 3.68. The van der Waals surface area contributed by atoms with Crippen molar-refractivity contribution in [3.8, 4) is 0 Å². The van der Waals surface area contributed by atoms with Gasteiger partial charge < -0.3 is 14.4 Å². The Bertz CT molecular complexity index is 804. The van der Waals surface area contributed by atoms with E-state index in [0.29, 0.717) is 26.2 Å². The summed E-state index contributed by atoms with van der Waals surface area (Å²) in [7, 11) is 0. The van der Waals surface area contributed by atoms with Gasteiger partial charge in [-0.2, -0.15) is 0 Å². The molecule has 1 N–H and O–H groups in total. The summed E-state index contributed by atoms with van der Waals surface area (Å²) in [6.07, 6.45) is -0.215. The van der Waals surface area contributed by atoms with Crippen molar-refractivity contribution >= 4 is 27.8 Å². The molecule has 1 aliphatic heterocycles. The highest BCUT2D eigenvalue weighted by molar-refractivity contribution is 9.10. The molecule has 0 spiro atoms. The number of carbonyl (C=O) groups is 2. The van der Waals surface area contributed by atoms with Crippen LogP contribution in [0.1, 0.15) is 23.5 Å². The second kappa shape index (κ2) is 8.05. The quantitative estimate of drug-likeness (QED) is 0.776. The van der Waals surface area contributed by atoms with Crippen molar-refractivity contribution in [3.63, 3.8) is 0 Å². The zero-order valence-electron chi connectivity index (χ0n) is 14.5. The van der Waals surface area contributed by atoms with Crippen molar-refractivity contribution in [3.05, 3.63) is 58.0 Å². The van der Waals surface area contributed by atoms with Gasteiger partial charge in [0.2, 0.25) is 5.91 Å². The van der Waals surface area contributed by atoms with Crippen LogP contribution < -0.4 is 0 Å². The monoisotopic (exact) mass is 420 g/mol. The Kier molecular flexibility index (Phi) is 5.78. The van der Waals surface area contributed by atoms with Crippen LogP contribution in [0.3, 0.4) is 0 Å². The molecule has 7 heteroatoms. The molecule has 0 aliphatic carbocycles. The Hall–Kier alpha value is -2.12. The molecule has 0 saturated carbocycles. The molecule has 0 bridgehead atoms. The minimum Gasteiger partial charge on any atom is -0.481 e. The van der Waals surface area contributed by atoms with E-state index in [-0.39, 0.29) is 12.3 Å². The molecule has 1 saturated heterocycles. The summed E-state index contributed by atoms with van der Waals surface area (Å²) in [5.41, 5.74) is 1.01. The third-order valence-corrected chi connectivity index (χ3v) is 4.97. The largest absolute Gasteiger partial charge is 0.481 e. The molecular weight excluding hydrogens is 400 g/mol. The van der Waals surface area contributed by atoms with Gasteiger partial charge in [0.25, 0.3) is 0 Å². The van der Waals surface area contributed by atoms with Crippen molar-refractivity contribution in [2.45, 2.75) is 32.5 Å². The number of carbonyl (C=O) groups excluding carboxylic acids is 1. The molecule has 1 unspecified atom stereocenters. The van der Waals surface area contributed by atoms with Crippen molar-refractivity contribution in [2.75, 3.05) is 13.1 Å². The molecule has 6 nitrogen and oxygen atoms in total. The highest BCUT2D eigenvalue weighted by Gasteiger charge is 2.36. The van der Waals surface area contributed by atoms with Gasteiger partial charge in [-0.1, -0.05) is 28.1 Å². The SMILES string of the molecule is Cc1ccc(CN2CCN(Cc3cccc(Br)c3)C(=O)C2CC(=O)O)o1. The number of hydrogen-bond acceptors (Lipinski definition) is 4. The number of carboxylic acid groups (broad SMARTS) is 1. The summed E-state index contributed by atoms with van der Waals surface area (Å²) in [6, 6.07) is 10.8. The zero-order valence-corrected chi connectivity index (χ0v) is 16.1. The standard InChI is InChI=1S/C19H21BrN2O4/c1-13-5-6-16(26-13)12-21-7-8-22(19(25)17(21)10-18(23)24)11-14-3-2-4-15(20)9-14/h2-6,9,17H,7-8,10-12H2,1H3,(H,23,24). The summed E-state index contributed by atoms with van der Waals surface area (Å²) >= 11 is 3.44. The van der Waals surface area contributed by atoms with Crippen LogP contribution in [0.2, 0.25) is 0 Å². The van der Waals surface area contributed by atoms with Gasteiger partial charge in [0, 0.05) is 24.1 Å². The van der Waals surface area contributed by atoms with Crippen molar-refractivity contribution in [1.29, 1.82) is 0 Å². The number of rotatable bonds is 6. The molecule has 138 valence electrons. The molecular formula is C19H21BrN2O4. The molecule has 3 rings (SSSR count). The third-order valence-electron chi connectivity index (χ3n) is 4.48. The Labute approximate surface area is 160 Å². The zero-order chi connectivity index (χ0) is 18.7. The van der Waals surface area contributed by atoms with E-state index in [2.05, 4.69) is 15.9 Å². The first-order chi connectivity index (χ1) is 12.4. The smallest absolute Gasteiger partial charge is 0.305 e. The summed E-state index contributed by atoms with van der Waals surface area (Å²) in [6.45, 7) is 3.93. The molecule has 1 aromatic heterocycles. The van der Waals surface area contributed by atoms with Crippen LogP contribution in [0.15, 0.2) is 45.3 Å². The first kappa shape index (κ1) is 18.7. The van der Waals surface area contributed by atoms with Crippen LogP contribution in [0.4, 0.5) is 0 Å². The van der Waals surface area contributed by atoms with Crippen LogP contribution in [-0.4, -0.2) is 45.9 Å². The first-order valence-corrected chi connectivity index (χ1v) is 9.26. The molecule has 1 amide bonds. The Morgan fingerprint density at radius 3 is 2.73 bits per heavy atom. The molecule has 1 fully saturated rings. The molecule has 2 aromatic rings. The molecule has 2 heterocycles. The fraction of sp³-hybridized carbons (Fsp3) is 0.368. The molecule has 1 aliphatic rings. The number of aliphatic carboxylic acids is 1. The topological polar surface area (TPSA) is 74.0 Å². The van der Waals surface area contributed by atoms with Crippen LogP contribution in [-0.2, 0) is 22.7 Å². The van der Waals surface area contributed by atoms with E-state index in [9.17, 15) is 14.7 Å². The van der Waals surface area contributed by atoms with E-state index in [1.54, 1.807) is 4.90 Å². The number of furan rings is 1. The fourth-order valence-electron chi connectivity index (χ4n) is 3.24. The van der Waals surface area contributed by atoms with E-state index in [0.717, 1.165) is 21.6 Å². The lowest BCUT2D eigenvalue weighted by Gasteiger charge is -2.39. The van der Waals surface area contributed by atoms with E-state index in [1.165, 1.54) is 0 Å². The number of amides is 1. The highest BCUT2D eigenvalue weighted by Crippen LogP contribution is 2.21. The van der Waals surface area contributed by atoms with Gasteiger partial charge >= 0.3 is 5.97 Å². The lowest BCUT2D eigenvalue weighted by molar-refractivity contribution is -0.150. The summed E-state index contributed by atoms with van der Waals surface area (Å²) in [5.74, 6) is 0.413. The first-order valence-electron chi connectivity index (χ1n) is 8.47. The maximum Gasteiger partial charge on any atom is 0.305 e. The number of hydrogen-bond donors (Lipinski definition) is 1. The maximum absolute atomic E-state index is 12.9. The highest BCUT2D eigenvalue weighted by atomic mass is 79.9. The van der Waals surface area contributed by atoms with Crippen molar-refractivity contribution in [1.82, 2.24) is 9.80 Å². The number of carboxylic acids is 1. The lowest BCUT2D eigenvalue weighted by atomic mass is 10.1. The molecule has 1 aromatic carbocycles. The van der Waals surface area contributed by atoms with Crippen molar-refractivity contribution < 1.29 is 19.1 Å². The Morgan fingerprint density at radius 2 is 2.08 bits per heavy atom. The lowest BCUT2D eigenvalue weighted by Crippen LogP contribution is -2.56. The minimum atomic E-state index is -0.978. The van der Waals surface area contributed by atoms with Gasteiger partial charge in [-0.25, -0.2) is 0 Å². The molecule has 1 atom stereocenters. The molecule has 26 heavy (non-hydrogen) atoms. The van der Waals surface area contributed by atoms with E-state index in [1.807, 2.05) is 48.2 Å². The minimum absolute atomic E-state index is 0.151. The second-order valence-electron chi connectivity index (χ2n) is 6.49.